The zero-order valence-corrected chi connectivity index (χ0v) is 11.9. The lowest BCUT2D eigenvalue weighted by Gasteiger charge is -2.27. The second kappa shape index (κ2) is 7.31. The molecule has 0 aliphatic heterocycles. The lowest BCUT2D eigenvalue weighted by Crippen LogP contribution is -2.41. The highest BCUT2D eigenvalue weighted by Gasteiger charge is 2.24. The van der Waals surface area contributed by atoms with E-state index in [4.69, 9.17) is 0 Å². The highest BCUT2D eigenvalue weighted by molar-refractivity contribution is 6.39. The van der Waals surface area contributed by atoms with Gasteiger partial charge in [0.25, 0.3) is 0 Å². The number of carbonyl (C=O) groups excluding carboxylic acids is 2. The summed E-state index contributed by atoms with van der Waals surface area (Å²) in [4.78, 5) is 23.3. The summed E-state index contributed by atoms with van der Waals surface area (Å²) in [6, 6.07) is 2.82. The van der Waals surface area contributed by atoms with Crippen LogP contribution in [0.15, 0.2) is 18.2 Å². The molecule has 0 saturated heterocycles. The minimum absolute atomic E-state index is 0.00301. The maximum absolute atomic E-state index is 13.0. The predicted molar refractivity (Wildman–Crippen MR) is 76.0 cm³/mol. The minimum Gasteiger partial charge on any atom is -0.393 e. The molecule has 5 nitrogen and oxygen atoms in total. The molecule has 0 spiro atoms. The van der Waals surface area contributed by atoms with Crippen LogP contribution in [0.5, 0.6) is 0 Å². The number of amides is 2. The normalized spacial score (nSPS) is 21.2. The van der Waals surface area contributed by atoms with E-state index in [1.165, 1.54) is 0 Å². The fourth-order valence-corrected chi connectivity index (χ4v) is 2.49. The van der Waals surface area contributed by atoms with E-state index in [9.17, 15) is 23.5 Å². The quantitative estimate of drug-likeness (QED) is 0.741. The molecule has 7 heteroatoms. The molecule has 0 heterocycles. The fourth-order valence-electron chi connectivity index (χ4n) is 2.49. The molecule has 1 aromatic carbocycles. The number of carbonyl (C=O) groups is 2. The second-order valence-corrected chi connectivity index (χ2v) is 5.40. The van der Waals surface area contributed by atoms with E-state index in [-0.39, 0.29) is 18.2 Å². The average Bonchev–Trinajstić information content (AvgIpc) is 2.50. The van der Waals surface area contributed by atoms with Gasteiger partial charge in [-0.05, 0) is 25.0 Å². The van der Waals surface area contributed by atoms with Crippen molar-refractivity contribution < 1.29 is 23.5 Å². The molecule has 0 aromatic heterocycles. The van der Waals surface area contributed by atoms with Gasteiger partial charge in [0.15, 0.2) is 11.6 Å². The summed E-state index contributed by atoms with van der Waals surface area (Å²) in [6.07, 6.45) is 2.97. The van der Waals surface area contributed by atoms with Gasteiger partial charge in [0.1, 0.15) is 0 Å². The lowest BCUT2D eigenvalue weighted by molar-refractivity contribution is -0.136. The monoisotopic (exact) mass is 312 g/mol. The Morgan fingerprint density at radius 2 is 1.86 bits per heavy atom. The van der Waals surface area contributed by atoms with Gasteiger partial charge in [-0.25, -0.2) is 8.78 Å². The van der Waals surface area contributed by atoms with Crippen LogP contribution in [-0.4, -0.2) is 29.6 Å². The largest absolute Gasteiger partial charge is 0.393 e. The molecule has 3 N–H and O–H groups in total. The molecule has 0 bridgehead atoms. The van der Waals surface area contributed by atoms with Crippen molar-refractivity contribution in [2.75, 3.05) is 11.9 Å². The maximum atomic E-state index is 13.0. The van der Waals surface area contributed by atoms with E-state index in [0.29, 0.717) is 6.42 Å². The zero-order chi connectivity index (χ0) is 16.1. The number of benzene rings is 1. The number of aliphatic hydroxyl groups is 1. The highest BCUT2D eigenvalue weighted by atomic mass is 19.2. The van der Waals surface area contributed by atoms with Crippen molar-refractivity contribution in [3.63, 3.8) is 0 Å². The number of hydrogen-bond acceptors (Lipinski definition) is 3. The summed E-state index contributed by atoms with van der Waals surface area (Å²) < 4.78 is 25.8. The second-order valence-electron chi connectivity index (χ2n) is 5.40. The first-order valence-electron chi connectivity index (χ1n) is 7.19. The minimum atomic E-state index is -1.11. The molecule has 1 aliphatic carbocycles. The third-order valence-electron chi connectivity index (χ3n) is 3.78. The van der Waals surface area contributed by atoms with Crippen molar-refractivity contribution in [3.8, 4) is 0 Å². The third-order valence-corrected chi connectivity index (χ3v) is 3.78. The highest BCUT2D eigenvalue weighted by Crippen LogP contribution is 2.23. The third kappa shape index (κ3) is 4.24. The van der Waals surface area contributed by atoms with E-state index >= 15 is 0 Å². The van der Waals surface area contributed by atoms with Crippen molar-refractivity contribution in [1.82, 2.24) is 5.32 Å². The van der Waals surface area contributed by atoms with Gasteiger partial charge in [-0.3, -0.25) is 9.59 Å². The summed E-state index contributed by atoms with van der Waals surface area (Å²) in [7, 11) is 0. The Labute approximate surface area is 126 Å². The first-order valence-corrected chi connectivity index (χ1v) is 7.19. The van der Waals surface area contributed by atoms with Crippen LogP contribution in [0.3, 0.4) is 0 Å². The van der Waals surface area contributed by atoms with Crippen molar-refractivity contribution in [2.24, 2.45) is 5.92 Å². The molecule has 22 heavy (non-hydrogen) atoms. The van der Waals surface area contributed by atoms with Crippen LogP contribution in [0.4, 0.5) is 14.5 Å². The molecule has 2 rings (SSSR count). The number of hydrogen-bond donors (Lipinski definition) is 3. The molecule has 2 amide bonds. The molecule has 0 radical (unpaired) electrons. The van der Waals surface area contributed by atoms with E-state index < -0.39 is 29.6 Å². The molecule has 2 atom stereocenters. The SMILES string of the molecule is O=C(NCC1CCCCC1O)C(=O)Nc1ccc(F)c(F)c1. The van der Waals surface area contributed by atoms with Crippen LogP contribution in [0, 0.1) is 17.6 Å². The van der Waals surface area contributed by atoms with Gasteiger partial charge >= 0.3 is 11.8 Å². The Morgan fingerprint density at radius 3 is 2.55 bits per heavy atom. The van der Waals surface area contributed by atoms with Crippen LogP contribution in [0.25, 0.3) is 0 Å². The van der Waals surface area contributed by atoms with Crippen LogP contribution >= 0.6 is 0 Å². The number of nitrogens with one attached hydrogen (secondary N) is 2. The Morgan fingerprint density at radius 1 is 1.14 bits per heavy atom. The smallest absolute Gasteiger partial charge is 0.313 e. The Bertz CT molecular complexity index is 566. The van der Waals surface area contributed by atoms with E-state index in [1.807, 2.05) is 0 Å². The number of aliphatic hydroxyl groups excluding tert-OH is 1. The van der Waals surface area contributed by atoms with Gasteiger partial charge in [-0.1, -0.05) is 12.8 Å². The van der Waals surface area contributed by atoms with Crippen LogP contribution in [-0.2, 0) is 9.59 Å². The first kappa shape index (κ1) is 16.4. The van der Waals surface area contributed by atoms with Crippen LogP contribution in [0.2, 0.25) is 0 Å². The van der Waals surface area contributed by atoms with Crippen LogP contribution in [0.1, 0.15) is 25.7 Å². The topological polar surface area (TPSA) is 78.4 Å². The van der Waals surface area contributed by atoms with Gasteiger partial charge in [-0.15, -0.1) is 0 Å². The molecular formula is C15H18F2N2O3. The maximum Gasteiger partial charge on any atom is 0.313 e. The summed E-state index contributed by atoms with van der Waals surface area (Å²) in [5, 5.41) is 14.4. The number of halogens is 2. The van der Waals surface area contributed by atoms with E-state index in [0.717, 1.165) is 37.5 Å². The van der Waals surface area contributed by atoms with Crippen molar-refractivity contribution in [2.45, 2.75) is 31.8 Å². The number of rotatable bonds is 3. The first-order chi connectivity index (χ1) is 10.5. The summed E-state index contributed by atoms with van der Waals surface area (Å²) in [6.45, 7) is 0.213. The predicted octanol–water partition coefficient (Wildman–Crippen LogP) is 1.57. The van der Waals surface area contributed by atoms with Gasteiger partial charge in [0, 0.05) is 24.2 Å². The molecule has 1 fully saturated rings. The van der Waals surface area contributed by atoms with Gasteiger partial charge < -0.3 is 15.7 Å². The zero-order valence-electron chi connectivity index (χ0n) is 11.9. The average molecular weight is 312 g/mol. The Balaban J connectivity index is 1.84. The van der Waals surface area contributed by atoms with Crippen molar-refractivity contribution in [3.05, 3.63) is 29.8 Å². The van der Waals surface area contributed by atoms with E-state index in [1.54, 1.807) is 0 Å². The Hall–Kier alpha value is -2.02. The van der Waals surface area contributed by atoms with Crippen molar-refractivity contribution in [1.29, 1.82) is 0 Å². The molecule has 120 valence electrons. The number of anilines is 1. The molecule has 1 saturated carbocycles. The molecule has 1 aliphatic rings. The summed E-state index contributed by atoms with van der Waals surface area (Å²) in [5.41, 5.74) is -0.00301. The van der Waals surface area contributed by atoms with Crippen LogP contribution < -0.4 is 10.6 Å². The fraction of sp³-hybridized carbons (Fsp3) is 0.467. The van der Waals surface area contributed by atoms with E-state index in [2.05, 4.69) is 10.6 Å². The molecule has 1 aromatic rings. The Kier molecular flexibility index (Phi) is 5.43. The lowest BCUT2D eigenvalue weighted by atomic mass is 9.86. The molecule has 2 unspecified atom stereocenters. The standard InChI is InChI=1S/C15H18F2N2O3/c16-11-6-5-10(7-12(11)17)19-15(22)14(21)18-8-9-3-1-2-4-13(9)20/h5-7,9,13,20H,1-4,8H2,(H,18,21)(H,19,22). The summed E-state index contributed by atoms with van der Waals surface area (Å²) in [5.74, 6) is -4.04. The van der Waals surface area contributed by atoms with Crippen molar-refractivity contribution >= 4 is 17.5 Å². The summed E-state index contributed by atoms with van der Waals surface area (Å²) >= 11 is 0. The van der Waals surface area contributed by atoms with Gasteiger partial charge in [-0.2, -0.15) is 0 Å². The van der Waals surface area contributed by atoms with Gasteiger partial charge in [0.2, 0.25) is 0 Å². The van der Waals surface area contributed by atoms with Gasteiger partial charge in [0.05, 0.1) is 6.10 Å². The molecular weight excluding hydrogens is 294 g/mol.